The van der Waals surface area contributed by atoms with Gasteiger partial charge in [0.05, 0.1) is 6.04 Å². The fraction of sp³-hybridized carbons (Fsp3) is 0.387. The number of hydrogen-bond acceptors (Lipinski definition) is 6. The number of nitrogens with zero attached hydrogens (tertiary/aromatic N) is 1. The second-order valence-electron chi connectivity index (χ2n) is 9.92. The van der Waals surface area contributed by atoms with Crippen molar-refractivity contribution in [3.63, 3.8) is 0 Å². The Balaban J connectivity index is 1.54. The molecule has 1 aliphatic heterocycles. The zero-order chi connectivity index (χ0) is 27.1. The first-order valence-corrected chi connectivity index (χ1v) is 13.3. The van der Waals surface area contributed by atoms with Crippen LogP contribution in [0.25, 0.3) is 11.1 Å². The number of imide groups is 1. The average molecular weight is 518 g/mol. The summed E-state index contributed by atoms with van der Waals surface area (Å²) in [5.41, 5.74) is 3.85. The number of cyclic esters (lactones) is 1. The number of ketones is 1. The minimum Gasteiger partial charge on any atom is -0.457 e. The highest BCUT2D eigenvalue weighted by Crippen LogP contribution is 2.31. The number of rotatable bonds is 12. The van der Waals surface area contributed by atoms with Gasteiger partial charge in [-0.3, -0.25) is 9.59 Å². The molecule has 200 valence electrons. The molecule has 4 rings (SSSR count). The van der Waals surface area contributed by atoms with E-state index in [2.05, 4.69) is 0 Å². The number of furan rings is 1. The summed E-state index contributed by atoms with van der Waals surface area (Å²) in [4.78, 5) is 40.4. The van der Waals surface area contributed by atoms with Crippen molar-refractivity contribution in [1.82, 2.24) is 4.90 Å². The van der Waals surface area contributed by atoms with E-state index in [1.807, 2.05) is 61.5 Å². The molecular weight excluding hydrogens is 482 g/mol. The lowest BCUT2D eigenvalue weighted by Crippen LogP contribution is -2.44. The van der Waals surface area contributed by atoms with Crippen LogP contribution in [0, 0.1) is 12.8 Å². The molecular formula is C31H35NO6. The standard InChI is InChI=1S/C31H35NO6/c1-21-11-10-14-24(17-21)26-19-28(38-27(26)15-8-3-4-9-16-33)29(34)22(2)30(35)32-25(20-37-31(32)36)18-23-12-6-5-7-13-23/h5-7,10-14,17,19,22,25,33H,3-4,8-9,15-16,18,20H2,1-2H3. The van der Waals surface area contributed by atoms with Crippen molar-refractivity contribution < 1.29 is 28.6 Å². The molecule has 7 nitrogen and oxygen atoms in total. The molecule has 2 heterocycles. The smallest absolute Gasteiger partial charge is 0.417 e. The van der Waals surface area contributed by atoms with Gasteiger partial charge in [-0.25, -0.2) is 9.69 Å². The van der Waals surface area contributed by atoms with Gasteiger partial charge in [-0.2, -0.15) is 0 Å². The Morgan fingerprint density at radius 2 is 1.79 bits per heavy atom. The monoisotopic (exact) mass is 517 g/mol. The largest absolute Gasteiger partial charge is 0.457 e. The predicted octanol–water partition coefficient (Wildman–Crippen LogP) is 5.76. The molecule has 1 aliphatic rings. The van der Waals surface area contributed by atoms with Crippen molar-refractivity contribution in [1.29, 1.82) is 0 Å². The Morgan fingerprint density at radius 3 is 2.53 bits per heavy atom. The number of Topliss-reactive ketones (excluding diaryl/α,β-unsaturated/α-hetero) is 1. The maximum Gasteiger partial charge on any atom is 0.417 e. The van der Waals surface area contributed by atoms with Gasteiger partial charge in [-0.15, -0.1) is 0 Å². The summed E-state index contributed by atoms with van der Waals surface area (Å²) in [7, 11) is 0. The minimum absolute atomic E-state index is 0.0963. The summed E-state index contributed by atoms with van der Waals surface area (Å²) < 4.78 is 11.3. The highest BCUT2D eigenvalue weighted by atomic mass is 16.6. The third-order valence-electron chi connectivity index (χ3n) is 6.97. The average Bonchev–Trinajstić information content (AvgIpc) is 3.51. The predicted molar refractivity (Wildman–Crippen MR) is 144 cm³/mol. The molecule has 2 amide bonds. The van der Waals surface area contributed by atoms with Gasteiger partial charge in [0, 0.05) is 18.6 Å². The molecule has 38 heavy (non-hydrogen) atoms. The lowest BCUT2D eigenvalue weighted by molar-refractivity contribution is -0.131. The van der Waals surface area contributed by atoms with Gasteiger partial charge in [0.1, 0.15) is 18.3 Å². The number of amides is 2. The van der Waals surface area contributed by atoms with E-state index in [4.69, 9.17) is 14.3 Å². The van der Waals surface area contributed by atoms with Gasteiger partial charge in [0.2, 0.25) is 11.7 Å². The summed E-state index contributed by atoms with van der Waals surface area (Å²) in [6.45, 7) is 3.79. The minimum atomic E-state index is -1.10. The first-order valence-electron chi connectivity index (χ1n) is 13.3. The molecule has 1 saturated heterocycles. The summed E-state index contributed by atoms with van der Waals surface area (Å²) in [5.74, 6) is -1.34. The maximum atomic E-state index is 13.5. The Bertz CT molecular complexity index is 1260. The first-order chi connectivity index (χ1) is 18.4. The summed E-state index contributed by atoms with van der Waals surface area (Å²) in [6.07, 6.45) is 3.85. The van der Waals surface area contributed by atoms with Gasteiger partial charge in [0.15, 0.2) is 5.76 Å². The zero-order valence-electron chi connectivity index (χ0n) is 22.0. The number of aryl methyl sites for hydroxylation is 2. The van der Waals surface area contributed by atoms with Crippen LogP contribution in [0.5, 0.6) is 0 Å². The normalized spacial score (nSPS) is 15.9. The Morgan fingerprint density at radius 1 is 1.03 bits per heavy atom. The van der Waals surface area contributed by atoms with E-state index in [-0.39, 0.29) is 19.0 Å². The van der Waals surface area contributed by atoms with E-state index in [0.29, 0.717) is 18.6 Å². The summed E-state index contributed by atoms with van der Waals surface area (Å²) >= 11 is 0. The Labute approximate surface area is 223 Å². The lowest BCUT2D eigenvalue weighted by atomic mass is 9.98. The van der Waals surface area contributed by atoms with Crippen molar-refractivity contribution in [3.05, 3.63) is 83.3 Å². The highest BCUT2D eigenvalue weighted by molar-refractivity contribution is 6.12. The Kier molecular flexibility index (Phi) is 9.13. The second-order valence-corrected chi connectivity index (χ2v) is 9.92. The van der Waals surface area contributed by atoms with E-state index in [1.165, 1.54) is 6.92 Å². The third kappa shape index (κ3) is 6.40. The van der Waals surface area contributed by atoms with Crippen LogP contribution < -0.4 is 0 Å². The Hall–Kier alpha value is -3.71. The molecule has 0 bridgehead atoms. The van der Waals surface area contributed by atoms with Crippen LogP contribution >= 0.6 is 0 Å². The van der Waals surface area contributed by atoms with Crippen LogP contribution in [0.4, 0.5) is 4.79 Å². The molecule has 1 aromatic heterocycles. The molecule has 3 aromatic rings. The SMILES string of the molecule is Cc1cccc(-c2cc(C(=O)C(C)C(=O)N3C(=O)OCC3Cc3ccccc3)oc2CCCCCCO)c1. The van der Waals surface area contributed by atoms with Crippen LogP contribution in [-0.2, 0) is 22.4 Å². The van der Waals surface area contributed by atoms with Crippen molar-refractivity contribution in [3.8, 4) is 11.1 Å². The number of unbranched alkanes of at least 4 members (excludes halogenated alkanes) is 3. The van der Waals surface area contributed by atoms with Crippen molar-refractivity contribution in [2.75, 3.05) is 13.2 Å². The van der Waals surface area contributed by atoms with Crippen LogP contribution in [-0.4, -0.2) is 47.0 Å². The zero-order valence-corrected chi connectivity index (χ0v) is 22.0. The van der Waals surface area contributed by atoms with Gasteiger partial charge in [0.25, 0.3) is 0 Å². The van der Waals surface area contributed by atoms with Crippen LogP contribution in [0.15, 0.2) is 65.1 Å². The molecule has 2 unspecified atom stereocenters. The number of carbonyl (C=O) groups excluding carboxylic acids is 3. The molecule has 0 aliphatic carbocycles. The highest BCUT2D eigenvalue weighted by Gasteiger charge is 2.42. The molecule has 1 N–H and O–H groups in total. The third-order valence-corrected chi connectivity index (χ3v) is 6.97. The number of aliphatic hydroxyl groups is 1. The molecule has 1 fully saturated rings. The van der Waals surface area contributed by atoms with E-state index in [0.717, 1.165) is 52.8 Å². The molecule has 0 radical (unpaired) electrons. The van der Waals surface area contributed by atoms with Gasteiger partial charge in [-0.1, -0.05) is 73.0 Å². The van der Waals surface area contributed by atoms with E-state index >= 15 is 0 Å². The maximum absolute atomic E-state index is 13.5. The van der Waals surface area contributed by atoms with Crippen molar-refractivity contribution in [2.45, 2.75) is 58.4 Å². The van der Waals surface area contributed by atoms with E-state index < -0.39 is 29.7 Å². The van der Waals surface area contributed by atoms with Crippen molar-refractivity contribution in [2.24, 2.45) is 5.92 Å². The second kappa shape index (κ2) is 12.7. The molecule has 2 atom stereocenters. The van der Waals surface area contributed by atoms with Crippen LogP contribution in [0.1, 0.15) is 60.0 Å². The topological polar surface area (TPSA) is 97.1 Å². The molecule has 2 aromatic carbocycles. The summed E-state index contributed by atoms with van der Waals surface area (Å²) in [6, 6.07) is 18.8. The molecule has 7 heteroatoms. The number of benzene rings is 2. The van der Waals surface area contributed by atoms with E-state index in [9.17, 15) is 14.4 Å². The van der Waals surface area contributed by atoms with Crippen LogP contribution in [0.2, 0.25) is 0 Å². The van der Waals surface area contributed by atoms with Gasteiger partial charge < -0.3 is 14.3 Å². The number of aliphatic hydroxyl groups excluding tert-OH is 1. The number of carbonyl (C=O) groups is 3. The lowest BCUT2D eigenvalue weighted by Gasteiger charge is -2.22. The summed E-state index contributed by atoms with van der Waals surface area (Å²) in [5, 5.41) is 9.03. The molecule has 0 spiro atoms. The molecule has 0 saturated carbocycles. The quantitative estimate of drug-likeness (QED) is 0.186. The van der Waals surface area contributed by atoms with Gasteiger partial charge in [-0.05, 0) is 50.3 Å². The fourth-order valence-corrected chi connectivity index (χ4v) is 4.84. The fourth-order valence-electron chi connectivity index (χ4n) is 4.84. The van der Waals surface area contributed by atoms with Crippen molar-refractivity contribution >= 4 is 17.8 Å². The van der Waals surface area contributed by atoms with Crippen LogP contribution in [0.3, 0.4) is 0 Å². The number of hydrogen-bond donors (Lipinski definition) is 1. The van der Waals surface area contributed by atoms with E-state index in [1.54, 1.807) is 6.07 Å². The van der Waals surface area contributed by atoms with Gasteiger partial charge >= 0.3 is 6.09 Å². The first kappa shape index (κ1) is 27.3. The number of ether oxygens (including phenoxy) is 1.